The van der Waals surface area contributed by atoms with Crippen molar-refractivity contribution in [1.29, 1.82) is 0 Å². The Hall–Kier alpha value is -1.38. The molecule has 1 aliphatic rings. The van der Waals surface area contributed by atoms with Gasteiger partial charge in [-0.3, -0.25) is 0 Å². The van der Waals surface area contributed by atoms with E-state index in [2.05, 4.69) is 21.9 Å². The van der Waals surface area contributed by atoms with Gasteiger partial charge in [-0.2, -0.15) is 0 Å². The highest BCUT2D eigenvalue weighted by Crippen LogP contribution is 2.33. The number of rotatable bonds is 4. The van der Waals surface area contributed by atoms with Crippen molar-refractivity contribution >= 4 is 28.7 Å². The van der Waals surface area contributed by atoms with Crippen LogP contribution >= 0.6 is 11.8 Å². The van der Waals surface area contributed by atoms with Crippen molar-refractivity contribution in [3.63, 3.8) is 0 Å². The molecule has 1 aliphatic carbocycles. The Bertz CT molecular complexity index is 637. The highest BCUT2D eigenvalue weighted by molar-refractivity contribution is 7.99. The lowest BCUT2D eigenvalue weighted by atomic mass is 10.2. The Morgan fingerprint density at radius 2 is 2.05 bits per heavy atom. The monoisotopic (exact) mass is 309 g/mol. The molecular formula is C13H19N5O2S. The average molecular weight is 309 g/mol. The molecule has 0 aromatic carbocycles. The molecule has 2 aromatic rings. The average Bonchev–Trinajstić information content (AvgIpc) is 3.01. The van der Waals surface area contributed by atoms with E-state index >= 15 is 0 Å². The first kappa shape index (κ1) is 14.6. The van der Waals surface area contributed by atoms with Gasteiger partial charge in [0.1, 0.15) is 5.52 Å². The Kier molecular flexibility index (Phi) is 4.01. The molecule has 0 saturated heterocycles. The van der Waals surface area contributed by atoms with E-state index in [1.54, 1.807) is 18.1 Å². The normalized spacial score (nSPS) is 25.8. The third-order valence-corrected chi connectivity index (χ3v) is 4.78. The molecular weight excluding hydrogens is 290 g/mol. The van der Waals surface area contributed by atoms with Crippen LogP contribution in [0.15, 0.2) is 11.5 Å². The fraction of sp³-hybridized carbons (Fsp3) is 0.615. The lowest BCUT2D eigenvalue weighted by Gasteiger charge is -2.12. The summed E-state index contributed by atoms with van der Waals surface area (Å²) < 4.78 is 1.89. The van der Waals surface area contributed by atoms with Crippen LogP contribution in [0.4, 0.5) is 5.82 Å². The van der Waals surface area contributed by atoms with Gasteiger partial charge in [-0.15, -0.1) is 0 Å². The van der Waals surface area contributed by atoms with E-state index in [0.717, 1.165) is 12.2 Å². The number of anilines is 1. The van der Waals surface area contributed by atoms with Crippen LogP contribution in [0.3, 0.4) is 0 Å². The number of imidazole rings is 1. The van der Waals surface area contributed by atoms with E-state index < -0.39 is 12.2 Å². The van der Waals surface area contributed by atoms with Crippen molar-refractivity contribution in [3.05, 3.63) is 6.33 Å². The van der Waals surface area contributed by atoms with Crippen molar-refractivity contribution in [2.75, 3.05) is 11.5 Å². The summed E-state index contributed by atoms with van der Waals surface area (Å²) in [5.74, 6) is 1.30. The Morgan fingerprint density at radius 1 is 1.33 bits per heavy atom. The molecule has 2 aromatic heterocycles. The lowest BCUT2D eigenvalue weighted by Crippen LogP contribution is -2.17. The molecule has 2 unspecified atom stereocenters. The molecule has 3 atom stereocenters. The number of aliphatic hydroxyl groups is 2. The zero-order valence-corrected chi connectivity index (χ0v) is 12.6. The second-order valence-electron chi connectivity index (χ2n) is 5.32. The van der Waals surface area contributed by atoms with Crippen LogP contribution < -0.4 is 5.73 Å². The molecule has 4 N–H and O–H groups in total. The fourth-order valence-corrected chi connectivity index (χ4v) is 3.34. The first-order valence-corrected chi connectivity index (χ1v) is 8.07. The molecule has 2 heterocycles. The zero-order chi connectivity index (χ0) is 15.0. The molecule has 8 heteroatoms. The summed E-state index contributed by atoms with van der Waals surface area (Å²) >= 11 is 1.56. The Morgan fingerprint density at radius 3 is 2.71 bits per heavy atom. The summed E-state index contributed by atoms with van der Waals surface area (Å²) in [6.45, 7) is 2.10. The number of nitrogens with two attached hydrogens (primary N) is 1. The molecule has 3 rings (SSSR count). The van der Waals surface area contributed by atoms with E-state index in [-0.39, 0.29) is 6.04 Å². The topological polar surface area (TPSA) is 110 Å². The van der Waals surface area contributed by atoms with Crippen LogP contribution in [0.1, 0.15) is 32.2 Å². The van der Waals surface area contributed by atoms with Gasteiger partial charge in [0, 0.05) is 11.8 Å². The van der Waals surface area contributed by atoms with Crippen molar-refractivity contribution in [2.24, 2.45) is 0 Å². The second-order valence-corrected chi connectivity index (χ2v) is 6.39. The van der Waals surface area contributed by atoms with E-state index in [0.29, 0.717) is 35.0 Å². The number of nitrogens with zero attached hydrogens (tertiary/aromatic N) is 4. The summed E-state index contributed by atoms with van der Waals surface area (Å²) in [4.78, 5) is 13.1. The molecule has 114 valence electrons. The number of aliphatic hydroxyl groups excluding tert-OH is 2. The van der Waals surface area contributed by atoms with Gasteiger partial charge >= 0.3 is 0 Å². The molecule has 1 fully saturated rings. The van der Waals surface area contributed by atoms with Gasteiger partial charge in [-0.25, -0.2) is 15.0 Å². The highest BCUT2D eigenvalue weighted by Gasteiger charge is 2.33. The number of hydrogen-bond acceptors (Lipinski definition) is 7. The Balaban J connectivity index is 1.98. The standard InChI is InChI=1S/C13H19N5O2S/c1-2-3-21-13-16-11(14)10-12(17-13)18(6-15-10)7-4-8(19)9(20)5-7/h6-9,19-20H,2-5H2,1H3,(H2,14,16,17)/t7?,8-,9?/m0/s1. The maximum Gasteiger partial charge on any atom is 0.191 e. The molecule has 0 bridgehead atoms. The molecule has 0 aliphatic heterocycles. The summed E-state index contributed by atoms with van der Waals surface area (Å²) in [5, 5.41) is 20.1. The van der Waals surface area contributed by atoms with Crippen molar-refractivity contribution in [1.82, 2.24) is 19.5 Å². The van der Waals surface area contributed by atoms with Crippen LogP contribution in [-0.4, -0.2) is 47.7 Å². The number of nitrogen functional groups attached to an aromatic ring is 1. The molecule has 1 saturated carbocycles. The molecule has 0 radical (unpaired) electrons. The van der Waals surface area contributed by atoms with Gasteiger partial charge in [0.05, 0.1) is 18.5 Å². The summed E-state index contributed by atoms with van der Waals surface area (Å²) in [5.41, 5.74) is 7.21. The fourth-order valence-electron chi connectivity index (χ4n) is 2.64. The first-order chi connectivity index (χ1) is 10.1. The third-order valence-electron chi connectivity index (χ3n) is 3.73. The van der Waals surface area contributed by atoms with Gasteiger partial charge in [0.15, 0.2) is 16.6 Å². The van der Waals surface area contributed by atoms with E-state index in [1.807, 2.05) is 4.57 Å². The van der Waals surface area contributed by atoms with Crippen LogP contribution in [0.5, 0.6) is 0 Å². The first-order valence-electron chi connectivity index (χ1n) is 7.09. The quantitative estimate of drug-likeness (QED) is 0.570. The van der Waals surface area contributed by atoms with Gasteiger partial charge in [0.2, 0.25) is 0 Å². The largest absolute Gasteiger partial charge is 0.390 e. The van der Waals surface area contributed by atoms with E-state index in [9.17, 15) is 10.2 Å². The van der Waals surface area contributed by atoms with Gasteiger partial charge < -0.3 is 20.5 Å². The molecule has 0 amide bonds. The minimum Gasteiger partial charge on any atom is -0.390 e. The zero-order valence-electron chi connectivity index (χ0n) is 11.8. The minimum atomic E-state index is -0.694. The summed E-state index contributed by atoms with van der Waals surface area (Å²) in [6.07, 6.45) is 2.30. The third kappa shape index (κ3) is 2.70. The maximum atomic E-state index is 9.72. The predicted octanol–water partition coefficient (Wildman–Crippen LogP) is 0.967. The highest BCUT2D eigenvalue weighted by atomic mass is 32.2. The SMILES string of the molecule is CCCSc1nc(N)c2ncn(C3CC(O)[C@@H](O)C3)c2n1. The van der Waals surface area contributed by atoms with Crippen LogP contribution in [0.25, 0.3) is 11.2 Å². The van der Waals surface area contributed by atoms with Crippen molar-refractivity contribution in [2.45, 2.75) is 49.6 Å². The number of thioether (sulfide) groups is 1. The summed E-state index contributed by atoms with van der Waals surface area (Å²) in [6, 6.07) is -0.0154. The minimum absolute atomic E-state index is 0.0154. The molecule has 0 spiro atoms. The van der Waals surface area contributed by atoms with Crippen LogP contribution in [0.2, 0.25) is 0 Å². The number of fused-ring (bicyclic) bond motifs is 1. The Labute approximate surface area is 126 Å². The maximum absolute atomic E-state index is 9.72. The van der Waals surface area contributed by atoms with Gasteiger partial charge in [-0.1, -0.05) is 18.7 Å². The van der Waals surface area contributed by atoms with Gasteiger partial charge in [-0.05, 0) is 19.3 Å². The smallest absolute Gasteiger partial charge is 0.191 e. The lowest BCUT2D eigenvalue weighted by molar-refractivity contribution is 0.0438. The van der Waals surface area contributed by atoms with Gasteiger partial charge in [0.25, 0.3) is 0 Å². The number of hydrogen-bond donors (Lipinski definition) is 3. The molecule has 7 nitrogen and oxygen atoms in total. The van der Waals surface area contributed by atoms with Crippen LogP contribution in [0, 0.1) is 0 Å². The van der Waals surface area contributed by atoms with Crippen molar-refractivity contribution < 1.29 is 10.2 Å². The predicted molar refractivity (Wildman–Crippen MR) is 81.0 cm³/mol. The molecule has 21 heavy (non-hydrogen) atoms. The van der Waals surface area contributed by atoms with Crippen molar-refractivity contribution in [3.8, 4) is 0 Å². The second kappa shape index (κ2) is 5.78. The van der Waals surface area contributed by atoms with E-state index in [1.165, 1.54) is 0 Å². The van der Waals surface area contributed by atoms with Crippen LogP contribution in [-0.2, 0) is 0 Å². The number of aromatic nitrogens is 4. The van der Waals surface area contributed by atoms with E-state index in [4.69, 9.17) is 5.73 Å². The summed E-state index contributed by atoms with van der Waals surface area (Å²) in [7, 11) is 0.